The number of guanidine groups is 1. The molecule has 1 aliphatic rings. The summed E-state index contributed by atoms with van der Waals surface area (Å²) in [6.07, 6.45) is 2.40. The zero-order chi connectivity index (χ0) is 18.7. The molecule has 2 aromatic carbocycles. The van der Waals surface area contributed by atoms with Crippen LogP contribution in [0, 0.1) is 5.92 Å². The van der Waals surface area contributed by atoms with Gasteiger partial charge in [-0.2, -0.15) is 0 Å². The van der Waals surface area contributed by atoms with Crippen molar-refractivity contribution in [2.45, 2.75) is 26.3 Å². The van der Waals surface area contributed by atoms with Gasteiger partial charge >= 0.3 is 0 Å². The smallest absolute Gasteiger partial charge is 0.191 e. The Kier molecular flexibility index (Phi) is 10.4. The Morgan fingerprint density at radius 1 is 1.00 bits per heavy atom. The van der Waals surface area contributed by atoms with Crippen molar-refractivity contribution in [2.75, 3.05) is 32.7 Å². The summed E-state index contributed by atoms with van der Waals surface area (Å²) in [5.41, 5.74) is 2.67. The standard InChI is InChI=1S/C23H32N4.HI/c1-2-24-23(25-17-21-11-7-4-8-12-21)26-18-22-14-16-27(19-22)15-13-20-9-5-3-6-10-20;/h3-12,22H,2,13-19H2,1H3,(H2,24,25,26);1H. The molecular weight excluding hydrogens is 459 g/mol. The summed E-state index contributed by atoms with van der Waals surface area (Å²) in [6.45, 7) is 8.24. The number of nitrogens with zero attached hydrogens (tertiary/aromatic N) is 2. The second-order valence-corrected chi connectivity index (χ2v) is 7.25. The number of likely N-dealkylation sites (tertiary alicyclic amines) is 1. The van der Waals surface area contributed by atoms with Crippen molar-refractivity contribution in [3.05, 3.63) is 71.8 Å². The number of aliphatic imine (C=N–C) groups is 1. The second kappa shape index (κ2) is 12.8. The first kappa shape index (κ1) is 22.7. The molecule has 1 atom stereocenters. The average molecular weight is 492 g/mol. The molecule has 0 bridgehead atoms. The molecule has 4 nitrogen and oxygen atoms in total. The fourth-order valence-electron chi connectivity index (χ4n) is 3.55. The highest BCUT2D eigenvalue weighted by atomic mass is 127. The largest absolute Gasteiger partial charge is 0.357 e. The molecular formula is C23H33IN4. The molecule has 152 valence electrons. The van der Waals surface area contributed by atoms with Gasteiger partial charge in [0.1, 0.15) is 0 Å². The Morgan fingerprint density at radius 3 is 2.36 bits per heavy atom. The van der Waals surface area contributed by atoms with Gasteiger partial charge in [0.2, 0.25) is 0 Å². The Morgan fingerprint density at radius 2 is 1.68 bits per heavy atom. The highest BCUT2D eigenvalue weighted by Crippen LogP contribution is 2.16. The van der Waals surface area contributed by atoms with E-state index in [0.717, 1.165) is 32.0 Å². The summed E-state index contributed by atoms with van der Waals surface area (Å²) in [7, 11) is 0. The molecule has 28 heavy (non-hydrogen) atoms. The van der Waals surface area contributed by atoms with Gasteiger partial charge in [-0.3, -0.25) is 0 Å². The van der Waals surface area contributed by atoms with Crippen LogP contribution in [0.1, 0.15) is 24.5 Å². The minimum Gasteiger partial charge on any atom is -0.357 e. The third-order valence-corrected chi connectivity index (χ3v) is 5.09. The van der Waals surface area contributed by atoms with Crippen LogP contribution in [0.5, 0.6) is 0 Å². The monoisotopic (exact) mass is 492 g/mol. The maximum atomic E-state index is 4.72. The van der Waals surface area contributed by atoms with Crippen molar-refractivity contribution in [1.82, 2.24) is 15.5 Å². The highest BCUT2D eigenvalue weighted by molar-refractivity contribution is 14.0. The van der Waals surface area contributed by atoms with E-state index in [9.17, 15) is 0 Å². The first-order chi connectivity index (χ1) is 13.3. The molecule has 0 spiro atoms. The number of hydrogen-bond donors (Lipinski definition) is 2. The van der Waals surface area contributed by atoms with Gasteiger partial charge in [0.05, 0.1) is 6.54 Å². The van der Waals surface area contributed by atoms with Gasteiger partial charge < -0.3 is 15.5 Å². The van der Waals surface area contributed by atoms with Crippen LogP contribution in [0.2, 0.25) is 0 Å². The fraction of sp³-hybridized carbons (Fsp3) is 0.435. The van der Waals surface area contributed by atoms with Crippen LogP contribution < -0.4 is 10.6 Å². The molecule has 1 heterocycles. The van der Waals surface area contributed by atoms with Crippen molar-refractivity contribution in [3.63, 3.8) is 0 Å². The lowest BCUT2D eigenvalue weighted by Crippen LogP contribution is -2.40. The summed E-state index contributed by atoms with van der Waals surface area (Å²) >= 11 is 0. The van der Waals surface area contributed by atoms with E-state index in [1.54, 1.807) is 0 Å². The van der Waals surface area contributed by atoms with Crippen LogP contribution in [0.3, 0.4) is 0 Å². The molecule has 2 N–H and O–H groups in total. The van der Waals surface area contributed by atoms with Crippen LogP contribution >= 0.6 is 24.0 Å². The van der Waals surface area contributed by atoms with E-state index in [1.165, 1.54) is 30.6 Å². The van der Waals surface area contributed by atoms with E-state index >= 15 is 0 Å². The quantitative estimate of drug-likeness (QED) is 0.334. The van der Waals surface area contributed by atoms with Crippen LogP contribution in [-0.4, -0.2) is 43.6 Å². The molecule has 0 aliphatic carbocycles. The summed E-state index contributed by atoms with van der Waals surface area (Å²) in [5, 5.41) is 6.90. The molecule has 1 aliphatic heterocycles. The molecule has 0 aromatic heterocycles. The fourth-order valence-corrected chi connectivity index (χ4v) is 3.55. The summed E-state index contributed by atoms with van der Waals surface area (Å²) in [5.74, 6) is 1.62. The van der Waals surface area contributed by atoms with Crippen LogP contribution in [0.4, 0.5) is 0 Å². The molecule has 0 radical (unpaired) electrons. The summed E-state index contributed by atoms with van der Waals surface area (Å²) in [4.78, 5) is 7.31. The molecule has 1 fully saturated rings. The lowest BCUT2D eigenvalue weighted by Gasteiger charge is -2.17. The van der Waals surface area contributed by atoms with E-state index in [4.69, 9.17) is 4.99 Å². The number of nitrogens with one attached hydrogen (secondary N) is 2. The van der Waals surface area contributed by atoms with Gasteiger partial charge in [0.15, 0.2) is 5.96 Å². The highest BCUT2D eigenvalue weighted by Gasteiger charge is 2.22. The third kappa shape index (κ3) is 7.80. The van der Waals surface area contributed by atoms with Gasteiger partial charge in [0, 0.05) is 26.2 Å². The maximum absolute atomic E-state index is 4.72. The number of benzene rings is 2. The van der Waals surface area contributed by atoms with E-state index in [0.29, 0.717) is 12.5 Å². The van der Waals surface area contributed by atoms with E-state index < -0.39 is 0 Å². The topological polar surface area (TPSA) is 39.7 Å². The molecule has 1 saturated heterocycles. The van der Waals surface area contributed by atoms with Gasteiger partial charge in [-0.25, -0.2) is 4.99 Å². The predicted molar refractivity (Wildman–Crippen MR) is 129 cm³/mol. The predicted octanol–water partition coefficient (Wildman–Crippen LogP) is 3.92. The summed E-state index contributed by atoms with van der Waals surface area (Å²) in [6, 6.07) is 21.2. The zero-order valence-corrected chi connectivity index (χ0v) is 19.1. The normalized spacial score (nSPS) is 17.2. The molecule has 1 unspecified atom stereocenters. The maximum Gasteiger partial charge on any atom is 0.191 e. The number of rotatable bonds is 8. The van der Waals surface area contributed by atoms with Crippen molar-refractivity contribution in [2.24, 2.45) is 10.9 Å². The third-order valence-electron chi connectivity index (χ3n) is 5.09. The van der Waals surface area contributed by atoms with Crippen LogP contribution in [0.15, 0.2) is 65.7 Å². The van der Waals surface area contributed by atoms with E-state index in [2.05, 4.69) is 77.1 Å². The minimum absolute atomic E-state index is 0. The Bertz CT molecular complexity index is 690. The lowest BCUT2D eigenvalue weighted by molar-refractivity contribution is 0.328. The number of halogens is 1. The molecule has 3 rings (SSSR count). The average Bonchev–Trinajstić information content (AvgIpc) is 3.18. The lowest BCUT2D eigenvalue weighted by atomic mass is 10.1. The van der Waals surface area contributed by atoms with Crippen LogP contribution in [-0.2, 0) is 13.0 Å². The zero-order valence-electron chi connectivity index (χ0n) is 16.8. The number of hydrogen-bond acceptors (Lipinski definition) is 2. The SMILES string of the molecule is CCNC(=NCc1ccccc1)NCC1CCN(CCc2ccccc2)C1.I. The van der Waals surface area contributed by atoms with Crippen LogP contribution in [0.25, 0.3) is 0 Å². The van der Waals surface area contributed by atoms with Crippen molar-refractivity contribution in [3.8, 4) is 0 Å². The Balaban J connectivity index is 0.00000280. The molecule has 0 amide bonds. The first-order valence-electron chi connectivity index (χ1n) is 10.2. The van der Waals surface area contributed by atoms with Gasteiger partial charge in [-0.15, -0.1) is 24.0 Å². The van der Waals surface area contributed by atoms with Crippen molar-refractivity contribution in [1.29, 1.82) is 0 Å². The minimum atomic E-state index is 0. The summed E-state index contributed by atoms with van der Waals surface area (Å²) < 4.78 is 0. The van der Waals surface area contributed by atoms with Crippen molar-refractivity contribution >= 4 is 29.9 Å². The molecule has 5 heteroatoms. The Labute approximate surface area is 186 Å². The molecule has 2 aromatic rings. The second-order valence-electron chi connectivity index (χ2n) is 7.25. The van der Waals surface area contributed by atoms with E-state index in [1.807, 2.05) is 6.07 Å². The van der Waals surface area contributed by atoms with Gasteiger partial charge in [-0.1, -0.05) is 60.7 Å². The van der Waals surface area contributed by atoms with Gasteiger partial charge in [0.25, 0.3) is 0 Å². The first-order valence-corrected chi connectivity index (χ1v) is 10.2. The molecule has 0 saturated carbocycles. The van der Waals surface area contributed by atoms with E-state index in [-0.39, 0.29) is 24.0 Å². The Hall–Kier alpha value is -1.60. The van der Waals surface area contributed by atoms with Gasteiger partial charge in [-0.05, 0) is 43.4 Å². The van der Waals surface area contributed by atoms with Crippen molar-refractivity contribution < 1.29 is 0 Å².